The lowest BCUT2D eigenvalue weighted by atomic mass is 10.4. The molecule has 0 amide bonds. The van der Waals surface area contributed by atoms with Crippen LogP contribution in [0.15, 0.2) is 10.7 Å². The molecule has 0 aliphatic carbocycles. The molecule has 68 valence electrons. The van der Waals surface area contributed by atoms with Crippen molar-refractivity contribution < 1.29 is 0 Å². The van der Waals surface area contributed by atoms with Gasteiger partial charge in [-0.25, -0.2) is 4.98 Å². The predicted molar refractivity (Wildman–Crippen MR) is 56.7 cm³/mol. The molecule has 1 aromatic rings. The van der Waals surface area contributed by atoms with E-state index in [1.165, 1.54) is 0 Å². The molecule has 0 fully saturated rings. The van der Waals surface area contributed by atoms with E-state index in [-0.39, 0.29) is 5.28 Å². The van der Waals surface area contributed by atoms with E-state index in [1.807, 2.05) is 0 Å². The summed E-state index contributed by atoms with van der Waals surface area (Å²) in [5.74, 6) is 3.18. The Labute approximate surface area is 90.1 Å². The predicted octanol–water partition coefficient (Wildman–Crippen LogP) is 2.33. The second-order valence-electron chi connectivity index (χ2n) is 2.22. The Hall–Kier alpha value is -0.790. The van der Waals surface area contributed by atoms with Gasteiger partial charge in [-0.1, -0.05) is 0 Å². The first kappa shape index (κ1) is 10.3. The highest BCUT2D eigenvalue weighted by Crippen LogP contribution is 2.19. The second-order valence-corrected chi connectivity index (χ2v) is 3.41. The van der Waals surface area contributed by atoms with Gasteiger partial charge in [0.1, 0.15) is 5.82 Å². The summed E-state index contributed by atoms with van der Waals surface area (Å²) in [5, 5.41) is 3.24. The largest absolute Gasteiger partial charge is 0.368 e. The molecule has 0 bridgehead atoms. The van der Waals surface area contributed by atoms with Crippen LogP contribution in [-0.4, -0.2) is 16.5 Å². The van der Waals surface area contributed by atoms with Crippen molar-refractivity contribution in [2.24, 2.45) is 0 Å². The Kier molecular flexibility index (Phi) is 4.00. The summed E-state index contributed by atoms with van der Waals surface area (Å²) < 4.78 is 0.772. The Morgan fingerprint density at radius 2 is 2.46 bits per heavy atom. The van der Waals surface area contributed by atoms with Crippen molar-refractivity contribution in [3.63, 3.8) is 0 Å². The molecule has 3 nitrogen and oxygen atoms in total. The Morgan fingerprint density at radius 1 is 1.69 bits per heavy atom. The van der Waals surface area contributed by atoms with E-state index >= 15 is 0 Å². The van der Waals surface area contributed by atoms with E-state index in [9.17, 15) is 0 Å². The summed E-state index contributed by atoms with van der Waals surface area (Å²) in [6, 6.07) is 0. The van der Waals surface area contributed by atoms with Gasteiger partial charge in [-0.2, -0.15) is 4.98 Å². The zero-order chi connectivity index (χ0) is 9.68. The lowest BCUT2D eigenvalue weighted by Crippen LogP contribution is -2.03. The van der Waals surface area contributed by atoms with E-state index in [2.05, 4.69) is 37.1 Å². The molecule has 1 N–H and O–H groups in total. The number of nitrogens with one attached hydrogen (secondary N) is 1. The summed E-state index contributed by atoms with van der Waals surface area (Å²) >= 11 is 8.89. The van der Waals surface area contributed by atoms with Gasteiger partial charge in [0.05, 0.1) is 4.47 Å². The summed E-state index contributed by atoms with van der Waals surface area (Å²) in [6.07, 6.45) is 7.34. The molecule has 0 aromatic carbocycles. The lowest BCUT2D eigenvalue weighted by Gasteiger charge is -2.04. The second kappa shape index (κ2) is 5.05. The van der Waals surface area contributed by atoms with Crippen molar-refractivity contribution in [3.8, 4) is 12.3 Å². The van der Waals surface area contributed by atoms with Crippen molar-refractivity contribution >= 4 is 33.3 Å². The average Bonchev–Trinajstić information content (AvgIpc) is 2.11. The highest BCUT2D eigenvalue weighted by Gasteiger charge is 2.01. The van der Waals surface area contributed by atoms with Crippen LogP contribution < -0.4 is 5.32 Å². The fraction of sp³-hybridized carbons (Fsp3) is 0.250. The highest BCUT2D eigenvalue weighted by atomic mass is 79.9. The first-order valence-electron chi connectivity index (χ1n) is 3.59. The first-order chi connectivity index (χ1) is 6.24. The van der Waals surface area contributed by atoms with E-state index in [1.54, 1.807) is 6.20 Å². The molecule has 5 heteroatoms. The number of hydrogen-bond donors (Lipinski definition) is 1. The minimum Gasteiger partial charge on any atom is -0.368 e. The van der Waals surface area contributed by atoms with Gasteiger partial charge in [0, 0.05) is 19.2 Å². The number of hydrogen-bond acceptors (Lipinski definition) is 3. The topological polar surface area (TPSA) is 37.8 Å². The molecule has 0 aliphatic rings. The van der Waals surface area contributed by atoms with Gasteiger partial charge in [-0.15, -0.1) is 12.3 Å². The maximum atomic E-state index is 5.61. The Bertz CT molecular complexity index is 335. The number of anilines is 1. The minimum atomic E-state index is 0.214. The van der Waals surface area contributed by atoms with Gasteiger partial charge in [0.2, 0.25) is 5.28 Å². The number of nitrogens with zero attached hydrogens (tertiary/aromatic N) is 2. The molecular weight excluding hydrogens is 253 g/mol. The van der Waals surface area contributed by atoms with Crippen LogP contribution in [0.25, 0.3) is 0 Å². The average molecular weight is 261 g/mol. The molecule has 0 atom stereocenters. The molecule has 0 spiro atoms. The summed E-state index contributed by atoms with van der Waals surface area (Å²) in [5.41, 5.74) is 0. The van der Waals surface area contributed by atoms with Gasteiger partial charge in [-0.05, 0) is 27.5 Å². The molecule has 13 heavy (non-hydrogen) atoms. The van der Waals surface area contributed by atoms with Crippen LogP contribution in [0.4, 0.5) is 5.82 Å². The summed E-state index contributed by atoms with van der Waals surface area (Å²) in [7, 11) is 0. The Morgan fingerprint density at radius 3 is 3.15 bits per heavy atom. The lowest BCUT2D eigenvalue weighted by molar-refractivity contribution is 1.05. The third-order valence-electron chi connectivity index (χ3n) is 1.28. The highest BCUT2D eigenvalue weighted by molar-refractivity contribution is 9.10. The normalized spacial score (nSPS) is 9.31. The van der Waals surface area contributed by atoms with Crippen molar-refractivity contribution in [1.82, 2.24) is 9.97 Å². The number of aromatic nitrogens is 2. The third kappa shape index (κ3) is 3.21. The van der Waals surface area contributed by atoms with Crippen LogP contribution in [-0.2, 0) is 0 Å². The van der Waals surface area contributed by atoms with E-state index in [0.717, 1.165) is 4.47 Å². The van der Waals surface area contributed by atoms with Crippen LogP contribution in [0.2, 0.25) is 5.28 Å². The fourth-order valence-corrected chi connectivity index (χ4v) is 1.19. The number of rotatable bonds is 3. The van der Waals surface area contributed by atoms with Crippen LogP contribution in [0.5, 0.6) is 0 Å². The number of halogens is 2. The van der Waals surface area contributed by atoms with Crippen LogP contribution in [0.1, 0.15) is 6.42 Å². The maximum Gasteiger partial charge on any atom is 0.224 e. The van der Waals surface area contributed by atoms with Gasteiger partial charge >= 0.3 is 0 Å². The van der Waals surface area contributed by atoms with E-state index in [4.69, 9.17) is 18.0 Å². The maximum absolute atomic E-state index is 5.61. The van der Waals surface area contributed by atoms with Crippen LogP contribution in [0.3, 0.4) is 0 Å². The monoisotopic (exact) mass is 259 g/mol. The molecule has 1 aromatic heterocycles. The molecular formula is C8H7BrClN3. The van der Waals surface area contributed by atoms with Crippen LogP contribution in [0, 0.1) is 12.3 Å². The zero-order valence-electron chi connectivity index (χ0n) is 6.72. The molecule has 1 rings (SSSR count). The SMILES string of the molecule is C#CCCNc1nc(Cl)ncc1Br. The summed E-state index contributed by atoms with van der Waals surface area (Å²) in [6.45, 7) is 0.669. The molecule has 0 aliphatic heterocycles. The van der Waals surface area contributed by atoms with Crippen molar-refractivity contribution in [2.45, 2.75) is 6.42 Å². The first-order valence-corrected chi connectivity index (χ1v) is 4.76. The molecule has 0 saturated carbocycles. The molecule has 1 heterocycles. The Balaban J connectivity index is 2.65. The van der Waals surface area contributed by atoms with Gasteiger partial charge in [0.15, 0.2) is 0 Å². The third-order valence-corrected chi connectivity index (χ3v) is 2.04. The zero-order valence-corrected chi connectivity index (χ0v) is 9.06. The van der Waals surface area contributed by atoms with Crippen LogP contribution >= 0.6 is 27.5 Å². The molecule has 0 unspecified atom stereocenters. The smallest absolute Gasteiger partial charge is 0.224 e. The van der Waals surface area contributed by atoms with E-state index < -0.39 is 0 Å². The van der Waals surface area contributed by atoms with Crippen molar-refractivity contribution in [1.29, 1.82) is 0 Å². The van der Waals surface area contributed by atoms with Gasteiger partial charge in [-0.3, -0.25) is 0 Å². The van der Waals surface area contributed by atoms with Crippen molar-refractivity contribution in [2.75, 3.05) is 11.9 Å². The molecule has 0 saturated heterocycles. The minimum absolute atomic E-state index is 0.214. The fourth-order valence-electron chi connectivity index (χ4n) is 0.723. The van der Waals surface area contributed by atoms with Gasteiger partial charge in [0.25, 0.3) is 0 Å². The number of terminal acetylenes is 1. The molecule has 0 radical (unpaired) electrons. The quantitative estimate of drug-likeness (QED) is 0.515. The van der Waals surface area contributed by atoms with Gasteiger partial charge < -0.3 is 5.32 Å². The van der Waals surface area contributed by atoms with Crippen molar-refractivity contribution in [3.05, 3.63) is 16.0 Å². The standard InChI is InChI=1S/C8H7BrClN3/c1-2-3-4-11-7-6(9)5-12-8(10)13-7/h1,5H,3-4H2,(H,11,12,13). The summed E-state index contributed by atoms with van der Waals surface area (Å²) in [4.78, 5) is 7.77. The van der Waals surface area contributed by atoms with E-state index in [0.29, 0.717) is 18.8 Å².